The number of benzene rings is 2. The van der Waals surface area contributed by atoms with Crippen molar-refractivity contribution in [2.75, 3.05) is 26.6 Å². The quantitative estimate of drug-likeness (QED) is 0.535. The first-order chi connectivity index (χ1) is 14.6. The summed E-state index contributed by atoms with van der Waals surface area (Å²) in [7, 11) is 0.692. The van der Waals surface area contributed by atoms with Crippen LogP contribution in [-0.2, 0) is 26.0 Å². The SMILES string of the molecule is CNS(=O)(=O)c1ccc(C)c(NC(=O)[C@H](C)NC(=O)Cc2ccc(OC)c(OC)c2)c1. The maximum Gasteiger partial charge on any atom is 0.246 e. The second kappa shape index (κ2) is 10.3. The highest BCUT2D eigenvalue weighted by molar-refractivity contribution is 7.89. The van der Waals surface area contributed by atoms with Gasteiger partial charge in [-0.3, -0.25) is 9.59 Å². The summed E-state index contributed by atoms with van der Waals surface area (Å²) in [5.74, 6) is 0.239. The highest BCUT2D eigenvalue weighted by Gasteiger charge is 2.19. The average Bonchev–Trinajstić information content (AvgIpc) is 2.74. The van der Waals surface area contributed by atoms with Crippen LogP contribution in [0.15, 0.2) is 41.3 Å². The van der Waals surface area contributed by atoms with Crippen LogP contribution in [0.3, 0.4) is 0 Å². The van der Waals surface area contributed by atoms with Gasteiger partial charge in [-0.1, -0.05) is 12.1 Å². The molecular weight excluding hydrogens is 422 g/mol. The molecule has 10 heteroatoms. The minimum absolute atomic E-state index is 0.0287. The Morgan fingerprint density at radius 3 is 2.32 bits per heavy atom. The van der Waals surface area contributed by atoms with Gasteiger partial charge in [0, 0.05) is 5.69 Å². The number of carbonyl (C=O) groups is 2. The Morgan fingerprint density at radius 2 is 1.71 bits per heavy atom. The number of hydrogen-bond acceptors (Lipinski definition) is 6. The molecule has 3 N–H and O–H groups in total. The van der Waals surface area contributed by atoms with E-state index in [0.29, 0.717) is 28.3 Å². The monoisotopic (exact) mass is 449 g/mol. The normalized spacial score (nSPS) is 12.0. The molecule has 0 saturated heterocycles. The predicted octanol–water partition coefficient (Wildman–Crippen LogP) is 1.61. The number of hydrogen-bond donors (Lipinski definition) is 3. The number of methoxy groups -OCH3 is 2. The molecule has 2 aromatic rings. The lowest BCUT2D eigenvalue weighted by Crippen LogP contribution is -2.42. The molecule has 0 aliphatic carbocycles. The van der Waals surface area contributed by atoms with Crippen molar-refractivity contribution in [3.63, 3.8) is 0 Å². The third-order valence-corrected chi connectivity index (χ3v) is 6.04. The molecule has 31 heavy (non-hydrogen) atoms. The Balaban J connectivity index is 2.04. The van der Waals surface area contributed by atoms with Gasteiger partial charge in [-0.15, -0.1) is 0 Å². The van der Waals surface area contributed by atoms with Gasteiger partial charge in [0.25, 0.3) is 0 Å². The lowest BCUT2D eigenvalue weighted by molar-refractivity contribution is -0.125. The minimum atomic E-state index is -3.65. The van der Waals surface area contributed by atoms with Crippen molar-refractivity contribution in [3.8, 4) is 11.5 Å². The van der Waals surface area contributed by atoms with E-state index in [9.17, 15) is 18.0 Å². The molecule has 2 aromatic carbocycles. The standard InChI is InChI=1S/C21H27N3O6S/c1-13-6-8-16(31(27,28)22-3)12-17(13)24-21(26)14(2)23-20(25)11-15-7-9-18(29-4)19(10-15)30-5/h6-10,12,14,22H,11H2,1-5H3,(H,23,25)(H,24,26)/t14-/m0/s1. The number of ether oxygens (including phenoxy) is 2. The van der Waals surface area contributed by atoms with Crippen molar-refractivity contribution in [3.05, 3.63) is 47.5 Å². The fourth-order valence-corrected chi connectivity index (χ4v) is 3.55. The number of nitrogens with one attached hydrogen (secondary N) is 3. The van der Waals surface area contributed by atoms with Crippen LogP contribution in [0, 0.1) is 6.92 Å². The molecule has 0 radical (unpaired) electrons. The van der Waals surface area contributed by atoms with Gasteiger partial charge in [0.05, 0.1) is 25.5 Å². The lowest BCUT2D eigenvalue weighted by Gasteiger charge is -2.16. The summed E-state index contributed by atoms with van der Waals surface area (Å²) in [5, 5.41) is 5.30. The second-order valence-corrected chi connectivity index (χ2v) is 8.72. The number of anilines is 1. The van der Waals surface area contributed by atoms with Gasteiger partial charge in [0.1, 0.15) is 6.04 Å². The summed E-state index contributed by atoms with van der Waals surface area (Å²) in [5.41, 5.74) is 1.73. The molecule has 9 nitrogen and oxygen atoms in total. The Hall–Kier alpha value is -3.11. The number of carbonyl (C=O) groups excluding carboxylic acids is 2. The van der Waals surface area contributed by atoms with E-state index >= 15 is 0 Å². The highest BCUT2D eigenvalue weighted by atomic mass is 32.2. The maximum atomic E-state index is 12.5. The van der Waals surface area contributed by atoms with Crippen LogP contribution in [0.4, 0.5) is 5.69 Å². The van der Waals surface area contributed by atoms with E-state index in [0.717, 1.165) is 0 Å². The van der Waals surface area contributed by atoms with Crippen molar-refractivity contribution in [1.29, 1.82) is 0 Å². The summed E-state index contributed by atoms with van der Waals surface area (Å²) in [6.45, 7) is 3.29. The summed E-state index contributed by atoms with van der Waals surface area (Å²) >= 11 is 0. The molecule has 1 atom stereocenters. The van der Waals surface area contributed by atoms with Gasteiger partial charge < -0.3 is 20.1 Å². The minimum Gasteiger partial charge on any atom is -0.493 e. The molecule has 2 rings (SSSR count). The van der Waals surface area contributed by atoms with Crippen molar-refractivity contribution in [2.24, 2.45) is 0 Å². The molecule has 0 fully saturated rings. The Morgan fingerprint density at radius 1 is 1.03 bits per heavy atom. The zero-order valence-electron chi connectivity index (χ0n) is 18.1. The van der Waals surface area contributed by atoms with Crippen molar-refractivity contribution < 1.29 is 27.5 Å². The molecular formula is C21H27N3O6S. The van der Waals surface area contributed by atoms with Crippen LogP contribution in [0.1, 0.15) is 18.1 Å². The van der Waals surface area contributed by atoms with Crippen LogP contribution in [-0.4, -0.2) is 47.5 Å². The third kappa shape index (κ3) is 6.19. The molecule has 2 amide bonds. The summed E-state index contributed by atoms with van der Waals surface area (Å²) in [6, 6.07) is 8.72. The molecule has 0 aliphatic heterocycles. The van der Waals surface area contributed by atoms with Gasteiger partial charge in [-0.25, -0.2) is 13.1 Å². The fourth-order valence-electron chi connectivity index (χ4n) is 2.80. The summed E-state index contributed by atoms with van der Waals surface area (Å²) < 4.78 is 36.6. The van der Waals surface area contributed by atoms with E-state index in [1.54, 1.807) is 38.1 Å². The zero-order valence-corrected chi connectivity index (χ0v) is 18.9. The Kier molecular flexibility index (Phi) is 8.01. The Labute approximate surface area is 182 Å². The molecule has 0 unspecified atom stereocenters. The van der Waals surface area contributed by atoms with Crippen LogP contribution >= 0.6 is 0 Å². The molecule has 0 saturated carbocycles. The van der Waals surface area contributed by atoms with Gasteiger partial charge in [-0.2, -0.15) is 0 Å². The van der Waals surface area contributed by atoms with Crippen LogP contribution in [0.2, 0.25) is 0 Å². The van der Waals surface area contributed by atoms with Crippen LogP contribution in [0.5, 0.6) is 11.5 Å². The van der Waals surface area contributed by atoms with Crippen molar-refractivity contribution >= 4 is 27.5 Å². The van der Waals surface area contributed by atoms with E-state index in [-0.39, 0.29) is 17.2 Å². The second-order valence-electron chi connectivity index (χ2n) is 6.83. The zero-order chi connectivity index (χ0) is 23.2. The van der Waals surface area contributed by atoms with Crippen LogP contribution < -0.4 is 24.8 Å². The summed E-state index contributed by atoms with van der Waals surface area (Å²) in [4.78, 5) is 24.9. The predicted molar refractivity (Wildman–Crippen MR) is 117 cm³/mol. The van der Waals surface area contributed by atoms with E-state index in [4.69, 9.17) is 9.47 Å². The molecule has 0 bridgehead atoms. The van der Waals surface area contributed by atoms with E-state index in [1.165, 1.54) is 33.4 Å². The Bertz CT molecular complexity index is 1070. The lowest BCUT2D eigenvalue weighted by atomic mass is 10.1. The van der Waals surface area contributed by atoms with Gasteiger partial charge in [0.15, 0.2) is 11.5 Å². The average molecular weight is 450 g/mol. The molecule has 0 spiro atoms. The van der Waals surface area contributed by atoms with E-state index in [1.807, 2.05) is 0 Å². The number of rotatable bonds is 9. The van der Waals surface area contributed by atoms with E-state index < -0.39 is 22.0 Å². The molecule has 0 aliphatic rings. The third-order valence-electron chi connectivity index (χ3n) is 4.63. The van der Waals surface area contributed by atoms with Crippen molar-refractivity contribution in [2.45, 2.75) is 31.2 Å². The largest absolute Gasteiger partial charge is 0.493 e. The topological polar surface area (TPSA) is 123 Å². The van der Waals surface area contributed by atoms with Gasteiger partial charge >= 0.3 is 0 Å². The first-order valence-electron chi connectivity index (χ1n) is 9.46. The van der Waals surface area contributed by atoms with Gasteiger partial charge in [-0.05, 0) is 56.3 Å². The number of sulfonamides is 1. The van der Waals surface area contributed by atoms with Crippen molar-refractivity contribution in [1.82, 2.24) is 10.0 Å². The van der Waals surface area contributed by atoms with Gasteiger partial charge in [0.2, 0.25) is 21.8 Å². The first kappa shape index (κ1) is 24.2. The molecule has 168 valence electrons. The molecule has 0 heterocycles. The molecule has 0 aromatic heterocycles. The maximum absolute atomic E-state index is 12.5. The fraction of sp³-hybridized carbons (Fsp3) is 0.333. The first-order valence-corrected chi connectivity index (χ1v) is 10.9. The summed E-state index contributed by atoms with van der Waals surface area (Å²) in [6.07, 6.45) is 0.0485. The smallest absolute Gasteiger partial charge is 0.246 e. The number of aryl methyl sites for hydroxylation is 1. The van der Waals surface area contributed by atoms with Crippen LogP contribution in [0.25, 0.3) is 0 Å². The highest BCUT2D eigenvalue weighted by Crippen LogP contribution is 2.27. The van der Waals surface area contributed by atoms with E-state index in [2.05, 4.69) is 15.4 Å². The number of amides is 2.